The molecule has 0 aromatic carbocycles. The standard InChI is InChI=1S/C15H26N4O/c1-4-5-8-19-9-6-13(7-10-19)16-15(20)14-11(2)17-18-12(14)3/h13H,4-10H2,1-3H3,(H,16,20)(H,17,18). The maximum absolute atomic E-state index is 12.3. The molecule has 1 aromatic heterocycles. The molecular formula is C15H26N4O. The zero-order valence-electron chi connectivity index (χ0n) is 12.8. The van der Waals surface area contributed by atoms with Gasteiger partial charge in [0.1, 0.15) is 0 Å². The van der Waals surface area contributed by atoms with Gasteiger partial charge in [-0.05, 0) is 39.7 Å². The molecule has 0 atom stereocenters. The van der Waals surface area contributed by atoms with Crippen molar-refractivity contribution in [3.63, 3.8) is 0 Å². The summed E-state index contributed by atoms with van der Waals surface area (Å²) in [5.74, 6) is 0.0146. The van der Waals surface area contributed by atoms with E-state index in [4.69, 9.17) is 0 Å². The smallest absolute Gasteiger partial charge is 0.255 e. The molecule has 112 valence electrons. The second kappa shape index (κ2) is 6.88. The first-order chi connectivity index (χ1) is 9.61. The third-order valence-electron chi connectivity index (χ3n) is 4.11. The van der Waals surface area contributed by atoms with E-state index in [1.54, 1.807) is 0 Å². The lowest BCUT2D eigenvalue weighted by Crippen LogP contribution is -2.45. The number of likely N-dealkylation sites (tertiary alicyclic amines) is 1. The van der Waals surface area contributed by atoms with Crippen LogP contribution in [-0.2, 0) is 0 Å². The summed E-state index contributed by atoms with van der Waals surface area (Å²) in [6, 6.07) is 0.300. The zero-order valence-corrected chi connectivity index (χ0v) is 12.8. The molecule has 0 saturated carbocycles. The lowest BCUT2D eigenvalue weighted by atomic mass is 10.0. The van der Waals surface area contributed by atoms with E-state index in [2.05, 4.69) is 27.3 Å². The second-order valence-corrected chi connectivity index (χ2v) is 5.75. The van der Waals surface area contributed by atoms with E-state index in [-0.39, 0.29) is 5.91 Å². The molecule has 20 heavy (non-hydrogen) atoms. The molecule has 0 unspecified atom stereocenters. The van der Waals surface area contributed by atoms with Crippen molar-refractivity contribution >= 4 is 5.91 Å². The fourth-order valence-electron chi connectivity index (χ4n) is 2.83. The van der Waals surface area contributed by atoms with Crippen molar-refractivity contribution in [1.29, 1.82) is 0 Å². The van der Waals surface area contributed by atoms with Crippen molar-refractivity contribution in [2.45, 2.75) is 52.5 Å². The lowest BCUT2D eigenvalue weighted by Gasteiger charge is -2.32. The Morgan fingerprint density at radius 1 is 1.40 bits per heavy atom. The Bertz CT molecular complexity index is 427. The first-order valence-corrected chi connectivity index (χ1v) is 7.66. The van der Waals surface area contributed by atoms with Crippen molar-refractivity contribution < 1.29 is 4.79 Å². The summed E-state index contributed by atoms with van der Waals surface area (Å²) < 4.78 is 0. The molecule has 1 fully saturated rings. The Labute approximate surface area is 121 Å². The molecular weight excluding hydrogens is 252 g/mol. The number of H-pyrrole nitrogens is 1. The first kappa shape index (κ1) is 15.0. The summed E-state index contributed by atoms with van der Waals surface area (Å²) in [6.45, 7) is 9.36. The van der Waals surface area contributed by atoms with Crippen molar-refractivity contribution in [2.24, 2.45) is 0 Å². The molecule has 5 heteroatoms. The zero-order chi connectivity index (χ0) is 14.5. The van der Waals surface area contributed by atoms with E-state index >= 15 is 0 Å². The Kier molecular flexibility index (Phi) is 5.17. The van der Waals surface area contributed by atoms with Crippen LogP contribution in [0, 0.1) is 13.8 Å². The van der Waals surface area contributed by atoms with Gasteiger partial charge in [0, 0.05) is 24.8 Å². The second-order valence-electron chi connectivity index (χ2n) is 5.75. The lowest BCUT2D eigenvalue weighted by molar-refractivity contribution is 0.0909. The molecule has 1 aromatic rings. The summed E-state index contributed by atoms with van der Waals surface area (Å²) in [5.41, 5.74) is 2.33. The average Bonchev–Trinajstić information content (AvgIpc) is 2.77. The molecule has 1 amide bonds. The summed E-state index contributed by atoms with van der Waals surface area (Å²) in [4.78, 5) is 14.8. The van der Waals surface area contributed by atoms with Gasteiger partial charge in [-0.25, -0.2) is 0 Å². The number of hydrogen-bond acceptors (Lipinski definition) is 3. The van der Waals surface area contributed by atoms with Crippen LogP contribution in [0.5, 0.6) is 0 Å². The van der Waals surface area contributed by atoms with Crippen LogP contribution in [0.1, 0.15) is 54.4 Å². The highest BCUT2D eigenvalue weighted by atomic mass is 16.1. The number of hydrogen-bond donors (Lipinski definition) is 2. The Morgan fingerprint density at radius 2 is 2.10 bits per heavy atom. The van der Waals surface area contributed by atoms with Gasteiger partial charge in [-0.15, -0.1) is 0 Å². The summed E-state index contributed by atoms with van der Waals surface area (Å²) in [7, 11) is 0. The number of amides is 1. The predicted octanol–water partition coefficient (Wildman–Crippen LogP) is 2.02. The van der Waals surface area contributed by atoms with Crippen LogP contribution >= 0.6 is 0 Å². The van der Waals surface area contributed by atoms with E-state index < -0.39 is 0 Å². The molecule has 0 radical (unpaired) electrons. The van der Waals surface area contributed by atoms with Crippen LogP contribution in [0.25, 0.3) is 0 Å². The third-order valence-corrected chi connectivity index (χ3v) is 4.11. The quantitative estimate of drug-likeness (QED) is 0.866. The van der Waals surface area contributed by atoms with Crippen molar-refractivity contribution in [3.05, 3.63) is 17.0 Å². The largest absolute Gasteiger partial charge is 0.349 e. The van der Waals surface area contributed by atoms with Gasteiger partial charge >= 0.3 is 0 Å². The topological polar surface area (TPSA) is 61.0 Å². The van der Waals surface area contributed by atoms with E-state index in [0.29, 0.717) is 11.6 Å². The highest BCUT2D eigenvalue weighted by Crippen LogP contribution is 2.14. The molecule has 1 saturated heterocycles. The van der Waals surface area contributed by atoms with Crippen LogP contribution in [0.15, 0.2) is 0 Å². The highest BCUT2D eigenvalue weighted by Gasteiger charge is 2.22. The molecule has 1 aliphatic heterocycles. The first-order valence-electron chi connectivity index (χ1n) is 7.66. The minimum atomic E-state index is 0.0146. The number of carbonyl (C=O) groups excluding carboxylic acids is 1. The van der Waals surface area contributed by atoms with Crippen LogP contribution in [0.4, 0.5) is 0 Å². The van der Waals surface area contributed by atoms with Gasteiger partial charge in [0.25, 0.3) is 5.91 Å². The van der Waals surface area contributed by atoms with Crippen LogP contribution in [-0.4, -0.2) is 46.7 Å². The van der Waals surface area contributed by atoms with Gasteiger partial charge in [-0.3, -0.25) is 9.89 Å². The van der Waals surface area contributed by atoms with Gasteiger partial charge in [0.2, 0.25) is 0 Å². The number of aromatic amines is 1. The number of rotatable bonds is 5. The minimum absolute atomic E-state index is 0.0146. The normalized spacial score (nSPS) is 17.4. The van der Waals surface area contributed by atoms with Crippen LogP contribution in [0.3, 0.4) is 0 Å². The van der Waals surface area contributed by atoms with Crippen molar-refractivity contribution in [3.8, 4) is 0 Å². The van der Waals surface area contributed by atoms with Crippen LogP contribution < -0.4 is 5.32 Å². The summed E-state index contributed by atoms with van der Waals surface area (Å²) >= 11 is 0. The van der Waals surface area contributed by atoms with Gasteiger partial charge in [0.05, 0.1) is 11.3 Å². The fraction of sp³-hybridized carbons (Fsp3) is 0.733. The summed E-state index contributed by atoms with van der Waals surface area (Å²) in [6.07, 6.45) is 4.61. The summed E-state index contributed by atoms with van der Waals surface area (Å²) in [5, 5.41) is 10.1. The fourth-order valence-corrected chi connectivity index (χ4v) is 2.83. The number of aromatic nitrogens is 2. The Morgan fingerprint density at radius 3 is 2.65 bits per heavy atom. The number of unbranched alkanes of at least 4 members (excludes halogenated alkanes) is 1. The van der Waals surface area contributed by atoms with Gasteiger partial charge in [-0.2, -0.15) is 5.10 Å². The number of nitrogens with zero attached hydrogens (tertiary/aromatic N) is 2. The minimum Gasteiger partial charge on any atom is -0.349 e. The molecule has 2 heterocycles. The van der Waals surface area contributed by atoms with Crippen molar-refractivity contribution in [1.82, 2.24) is 20.4 Å². The SMILES string of the molecule is CCCCN1CCC(NC(=O)c2c(C)n[nH]c2C)CC1. The number of aryl methyl sites for hydroxylation is 2. The molecule has 0 aliphatic carbocycles. The Hall–Kier alpha value is -1.36. The van der Waals surface area contributed by atoms with Crippen LogP contribution in [0.2, 0.25) is 0 Å². The monoisotopic (exact) mass is 278 g/mol. The van der Waals surface area contributed by atoms with Gasteiger partial charge in [0.15, 0.2) is 0 Å². The number of nitrogens with one attached hydrogen (secondary N) is 2. The predicted molar refractivity (Wildman–Crippen MR) is 79.9 cm³/mol. The number of carbonyl (C=O) groups is 1. The average molecular weight is 278 g/mol. The number of piperidine rings is 1. The highest BCUT2D eigenvalue weighted by molar-refractivity contribution is 5.96. The van der Waals surface area contributed by atoms with E-state index in [9.17, 15) is 4.79 Å². The van der Waals surface area contributed by atoms with Crippen molar-refractivity contribution in [2.75, 3.05) is 19.6 Å². The Balaban J connectivity index is 1.82. The van der Waals surface area contributed by atoms with E-state index in [1.165, 1.54) is 19.4 Å². The molecule has 2 N–H and O–H groups in total. The third kappa shape index (κ3) is 3.60. The maximum atomic E-state index is 12.3. The molecule has 0 spiro atoms. The van der Waals surface area contributed by atoms with Gasteiger partial charge < -0.3 is 10.2 Å². The molecule has 0 bridgehead atoms. The van der Waals surface area contributed by atoms with Gasteiger partial charge in [-0.1, -0.05) is 13.3 Å². The van der Waals surface area contributed by atoms with E-state index in [1.807, 2.05) is 13.8 Å². The van der Waals surface area contributed by atoms with E-state index in [0.717, 1.165) is 37.3 Å². The molecule has 2 rings (SSSR count). The molecule has 1 aliphatic rings. The maximum Gasteiger partial charge on any atom is 0.255 e. The molecule has 5 nitrogen and oxygen atoms in total.